The van der Waals surface area contributed by atoms with Crippen LogP contribution in [0.15, 0.2) is 85.2 Å². The first-order valence-electron chi connectivity index (χ1n) is 9.77. The van der Waals surface area contributed by atoms with Gasteiger partial charge in [-0.15, -0.1) is 0 Å². The lowest BCUT2D eigenvalue weighted by molar-refractivity contribution is -0.146. The van der Waals surface area contributed by atoms with Crippen LogP contribution in [-0.4, -0.2) is 22.8 Å². The molecule has 0 saturated carbocycles. The molecule has 0 atom stereocenters. The van der Waals surface area contributed by atoms with Crippen LogP contribution in [0.1, 0.15) is 29.0 Å². The van der Waals surface area contributed by atoms with E-state index in [0.29, 0.717) is 6.42 Å². The molecule has 0 bridgehead atoms. The summed E-state index contributed by atoms with van der Waals surface area (Å²) in [5, 5.41) is 4.67. The van der Waals surface area contributed by atoms with E-state index in [0.717, 1.165) is 16.7 Å². The Labute approximate surface area is 174 Å². The first-order valence-corrected chi connectivity index (χ1v) is 9.77. The maximum absolute atomic E-state index is 13.3. The van der Waals surface area contributed by atoms with Crippen LogP contribution in [0.2, 0.25) is 0 Å². The first-order chi connectivity index (χ1) is 14.6. The fourth-order valence-electron chi connectivity index (χ4n) is 4.14. The fraction of sp³-hybridized carbons (Fsp3) is 0.167. The van der Waals surface area contributed by atoms with Gasteiger partial charge in [-0.05, 0) is 41.7 Å². The number of carbonyl (C=O) groups excluding carboxylic acids is 3. The van der Waals surface area contributed by atoms with Gasteiger partial charge in [-0.3, -0.25) is 25.2 Å². The van der Waals surface area contributed by atoms with Crippen LogP contribution >= 0.6 is 0 Å². The van der Waals surface area contributed by atoms with E-state index in [1.807, 2.05) is 72.8 Å². The van der Waals surface area contributed by atoms with Crippen molar-refractivity contribution >= 4 is 17.8 Å². The lowest BCUT2D eigenvalue weighted by Gasteiger charge is -2.40. The van der Waals surface area contributed by atoms with Gasteiger partial charge in [0.2, 0.25) is 11.8 Å². The van der Waals surface area contributed by atoms with E-state index >= 15 is 0 Å². The second-order valence-electron chi connectivity index (χ2n) is 7.32. The number of urea groups is 1. The molecule has 0 unspecified atom stereocenters. The van der Waals surface area contributed by atoms with Gasteiger partial charge >= 0.3 is 6.03 Å². The summed E-state index contributed by atoms with van der Waals surface area (Å²) in [7, 11) is 0. The highest BCUT2D eigenvalue weighted by atomic mass is 16.2. The van der Waals surface area contributed by atoms with Crippen molar-refractivity contribution in [3.05, 3.63) is 102 Å². The predicted molar refractivity (Wildman–Crippen MR) is 111 cm³/mol. The van der Waals surface area contributed by atoms with E-state index in [-0.39, 0.29) is 6.42 Å². The first kappa shape index (κ1) is 19.5. The van der Waals surface area contributed by atoms with E-state index in [1.54, 1.807) is 12.4 Å². The summed E-state index contributed by atoms with van der Waals surface area (Å²) < 4.78 is 0. The Bertz CT molecular complexity index is 993. The zero-order valence-corrected chi connectivity index (χ0v) is 16.2. The van der Waals surface area contributed by atoms with Crippen molar-refractivity contribution in [1.82, 2.24) is 15.6 Å². The van der Waals surface area contributed by atoms with Gasteiger partial charge in [0.15, 0.2) is 0 Å². The molecule has 1 aliphatic heterocycles. The van der Waals surface area contributed by atoms with E-state index in [9.17, 15) is 14.4 Å². The number of imide groups is 2. The van der Waals surface area contributed by atoms with Gasteiger partial charge in [0.05, 0.1) is 0 Å². The lowest BCUT2D eigenvalue weighted by Crippen LogP contribution is -2.64. The molecule has 0 spiro atoms. The highest BCUT2D eigenvalue weighted by Gasteiger charge is 2.56. The Morgan fingerprint density at radius 3 is 1.73 bits per heavy atom. The number of carbonyl (C=O) groups is 3. The quantitative estimate of drug-likeness (QED) is 0.623. The number of aromatic nitrogens is 1. The molecular weight excluding hydrogens is 378 g/mol. The second kappa shape index (κ2) is 8.29. The van der Waals surface area contributed by atoms with Crippen molar-refractivity contribution in [3.8, 4) is 0 Å². The van der Waals surface area contributed by atoms with Gasteiger partial charge < -0.3 is 0 Å². The number of hydrogen-bond acceptors (Lipinski definition) is 4. The minimum atomic E-state index is -1.49. The van der Waals surface area contributed by atoms with E-state index in [1.165, 1.54) is 0 Å². The molecule has 0 aliphatic carbocycles. The number of nitrogens with one attached hydrogen (secondary N) is 2. The monoisotopic (exact) mass is 399 g/mol. The van der Waals surface area contributed by atoms with Gasteiger partial charge in [-0.2, -0.15) is 0 Å². The highest BCUT2D eigenvalue weighted by Crippen LogP contribution is 2.46. The molecule has 3 aromatic rings. The molecule has 1 aliphatic rings. The number of nitrogens with zero attached hydrogens (tertiary/aromatic N) is 1. The highest BCUT2D eigenvalue weighted by molar-refractivity contribution is 6.20. The normalized spacial score (nSPS) is 15.6. The van der Waals surface area contributed by atoms with Crippen LogP contribution in [0.3, 0.4) is 0 Å². The third kappa shape index (κ3) is 3.59. The van der Waals surface area contributed by atoms with Crippen LogP contribution < -0.4 is 10.6 Å². The molecule has 2 heterocycles. The van der Waals surface area contributed by atoms with Gasteiger partial charge in [0.1, 0.15) is 5.41 Å². The Kier molecular flexibility index (Phi) is 5.39. The zero-order valence-electron chi connectivity index (χ0n) is 16.2. The summed E-state index contributed by atoms with van der Waals surface area (Å²) in [4.78, 5) is 42.6. The topological polar surface area (TPSA) is 88.2 Å². The Morgan fingerprint density at radius 1 is 0.733 bits per heavy atom. The van der Waals surface area contributed by atoms with Crippen molar-refractivity contribution in [2.75, 3.05) is 0 Å². The molecule has 2 aromatic carbocycles. The summed E-state index contributed by atoms with van der Waals surface area (Å²) in [6.07, 6.45) is 4.07. The fourth-order valence-corrected chi connectivity index (χ4v) is 4.14. The minimum absolute atomic E-state index is 0.233. The molecule has 4 rings (SSSR count). The van der Waals surface area contributed by atoms with Gasteiger partial charge in [0, 0.05) is 18.3 Å². The Morgan fingerprint density at radius 2 is 1.23 bits per heavy atom. The molecule has 1 saturated heterocycles. The van der Waals surface area contributed by atoms with E-state index in [2.05, 4.69) is 15.6 Å². The maximum Gasteiger partial charge on any atom is 0.328 e. The van der Waals surface area contributed by atoms with Crippen LogP contribution in [0.5, 0.6) is 0 Å². The van der Waals surface area contributed by atoms with E-state index in [4.69, 9.17) is 0 Å². The van der Waals surface area contributed by atoms with Crippen molar-refractivity contribution in [3.63, 3.8) is 0 Å². The molecule has 150 valence electrons. The molecule has 6 heteroatoms. The number of aryl methyl sites for hydroxylation is 1. The summed E-state index contributed by atoms with van der Waals surface area (Å²) in [5.74, 6) is -1.72. The van der Waals surface area contributed by atoms with Crippen LogP contribution in [0.4, 0.5) is 4.79 Å². The number of barbiturate groups is 1. The second-order valence-corrected chi connectivity index (χ2v) is 7.32. The number of amides is 4. The lowest BCUT2D eigenvalue weighted by atomic mass is 9.64. The van der Waals surface area contributed by atoms with Crippen LogP contribution in [0.25, 0.3) is 0 Å². The van der Waals surface area contributed by atoms with Crippen molar-refractivity contribution in [2.24, 2.45) is 5.41 Å². The van der Waals surface area contributed by atoms with Gasteiger partial charge in [-0.25, -0.2) is 4.79 Å². The standard InChI is InChI=1S/C24H21N3O3/c28-21-24(22(29)27-23(30)26-21,14-11-17-12-15-25-16-13-17)20(18-7-3-1-4-8-18)19-9-5-2-6-10-19/h1-10,12-13,15-16,20H,11,14H2,(H2,26,27,28,29,30). The summed E-state index contributed by atoms with van der Waals surface area (Å²) in [6.45, 7) is 0. The van der Waals surface area contributed by atoms with Crippen molar-refractivity contribution in [1.29, 1.82) is 0 Å². The van der Waals surface area contributed by atoms with Crippen LogP contribution in [0, 0.1) is 5.41 Å². The van der Waals surface area contributed by atoms with Gasteiger partial charge in [-0.1, -0.05) is 60.7 Å². The van der Waals surface area contributed by atoms with Crippen molar-refractivity contribution < 1.29 is 14.4 Å². The number of benzene rings is 2. The SMILES string of the molecule is O=C1NC(=O)C(CCc2ccncc2)(C(c2ccccc2)c2ccccc2)C(=O)N1. The van der Waals surface area contributed by atoms with Crippen LogP contribution in [-0.2, 0) is 16.0 Å². The molecule has 0 radical (unpaired) electrons. The molecule has 4 amide bonds. The Balaban J connectivity index is 1.86. The largest absolute Gasteiger partial charge is 0.328 e. The smallest absolute Gasteiger partial charge is 0.277 e. The minimum Gasteiger partial charge on any atom is -0.277 e. The third-order valence-electron chi connectivity index (χ3n) is 5.58. The molecule has 6 nitrogen and oxygen atoms in total. The molecule has 2 N–H and O–H groups in total. The summed E-state index contributed by atoms with van der Waals surface area (Å²) >= 11 is 0. The number of rotatable bonds is 6. The number of hydrogen-bond donors (Lipinski definition) is 2. The maximum atomic E-state index is 13.3. The average molecular weight is 399 g/mol. The average Bonchev–Trinajstić information content (AvgIpc) is 2.77. The molecule has 1 aromatic heterocycles. The molecule has 30 heavy (non-hydrogen) atoms. The Hall–Kier alpha value is -3.80. The zero-order chi connectivity index (χ0) is 21.0. The third-order valence-corrected chi connectivity index (χ3v) is 5.58. The molecule has 1 fully saturated rings. The summed E-state index contributed by atoms with van der Waals surface area (Å²) in [5.41, 5.74) is 1.14. The summed E-state index contributed by atoms with van der Waals surface area (Å²) in [6, 6.07) is 21.9. The van der Waals surface area contributed by atoms with Gasteiger partial charge in [0.25, 0.3) is 0 Å². The number of pyridine rings is 1. The predicted octanol–water partition coefficient (Wildman–Crippen LogP) is 3.20. The van der Waals surface area contributed by atoms with E-state index < -0.39 is 29.2 Å². The van der Waals surface area contributed by atoms with Crippen molar-refractivity contribution in [2.45, 2.75) is 18.8 Å². The molecular formula is C24H21N3O3.